The number of likely N-dealkylation sites (tertiary alicyclic amines) is 1. The lowest BCUT2D eigenvalue weighted by atomic mass is 9.97. The lowest BCUT2D eigenvalue weighted by molar-refractivity contribution is 0.0687. The fourth-order valence-electron chi connectivity index (χ4n) is 3.40. The number of aromatic nitrogens is 4. The van der Waals surface area contributed by atoms with Crippen molar-refractivity contribution in [1.29, 1.82) is 0 Å². The van der Waals surface area contributed by atoms with E-state index in [2.05, 4.69) is 20.1 Å². The Hall–Kier alpha value is -3.36. The molecule has 1 aliphatic rings. The molecule has 3 aromatic rings. The van der Waals surface area contributed by atoms with Gasteiger partial charge in [-0.3, -0.25) is 9.59 Å². The standard InChI is InChI=1S/C20H20FN5O3/c1-11-12(2)23-18(27)16(22-11)20(28)26-9-3-4-14(10-26)19-24-17(25-29-19)13-5-7-15(21)8-6-13/h5-8,14H,3-4,9-10H2,1-2H3,(H,23,27). The fourth-order valence-corrected chi connectivity index (χ4v) is 3.40. The van der Waals surface area contributed by atoms with Crippen LogP contribution >= 0.6 is 0 Å². The summed E-state index contributed by atoms with van der Waals surface area (Å²) in [6.07, 6.45) is 1.53. The first-order chi connectivity index (χ1) is 13.9. The molecule has 0 radical (unpaired) electrons. The number of aryl methyl sites for hydroxylation is 2. The quantitative estimate of drug-likeness (QED) is 0.728. The number of carbonyl (C=O) groups excluding carboxylic acids is 1. The van der Waals surface area contributed by atoms with Crippen LogP contribution in [0.2, 0.25) is 0 Å². The Morgan fingerprint density at radius 3 is 2.76 bits per heavy atom. The molecule has 0 saturated carbocycles. The maximum absolute atomic E-state index is 13.1. The lowest BCUT2D eigenvalue weighted by Gasteiger charge is -2.30. The summed E-state index contributed by atoms with van der Waals surface area (Å²) in [5, 5.41) is 3.98. The van der Waals surface area contributed by atoms with Crippen LogP contribution in [0.5, 0.6) is 0 Å². The predicted molar refractivity (Wildman–Crippen MR) is 102 cm³/mol. The highest BCUT2D eigenvalue weighted by Gasteiger charge is 2.31. The van der Waals surface area contributed by atoms with Crippen LogP contribution in [-0.4, -0.2) is 44.0 Å². The number of carbonyl (C=O) groups is 1. The number of halogens is 1. The molecule has 3 heterocycles. The highest BCUT2D eigenvalue weighted by Crippen LogP contribution is 2.28. The molecule has 1 N–H and O–H groups in total. The number of nitrogens with zero attached hydrogens (tertiary/aromatic N) is 4. The number of hydrogen-bond donors (Lipinski definition) is 1. The van der Waals surface area contributed by atoms with E-state index in [0.29, 0.717) is 41.8 Å². The van der Waals surface area contributed by atoms with Gasteiger partial charge in [0.2, 0.25) is 11.7 Å². The van der Waals surface area contributed by atoms with Crippen LogP contribution in [0.3, 0.4) is 0 Å². The van der Waals surface area contributed by atoms with Crippen molar-refractivity contribution in [2.24, 2.45) is 0 Å². The highest BCUT2D eigenvalue weighted by atomic mass is 19.1. The van der Waals surface area contributed by atoms with Crippen LogP contribution in [0, 0.1) is 19.7 Å². The Morgan fingerprint density at radius 1 is 1.24 bits per heavy atom. The van der Waals surface area contributed by atoms with Gasteiger partial charge in [-0.05, 0) is 51.0 Å². The van der Waals surface area contributed by atoms with Crippen molar-refractivity contribution in [3.8, 4) is 11.4 Å². The Labute approximate surface area is 165 Å². The van der Waals surface area contributed by atoms with Crippen LogP contribution in [0.1, 0.15) is 46.5 Å². The van der Waals surface area contributed by atoms with Gasteiger partial charge in [0.25, 0.3) is 11.5 Å². The zero-order chi connectivity index (χ0) is 20.5. The van der Waals surface area contributed by atoms with Gasteiger partial charge in [-0.1, -0.05) is 5.16 Å². The van der Waals surface area contributed by atoms with E-state index in [9.17, 15) is 14.0 Å². The molecule has 1 aromatic carbocycles. The summed E-state index contributed by atoms with van der Waals surface area (Å²) < 4.78 is 18.5. The second-order valence-electron chi connectivity index (χ2n) is 7.18. The van der Waals surface area contributed by atoms with Gasteiger partial charge in [0.15, 0.2) is 5.69 Å². The molecule has 150 valence electrons. The Kier molecular flexibility index (Phi) is 4.96. The van der Waals surface area contributed by atoms with Crippen LogP contribution in [0.4, 0.5) is 4.39 Å². The number of hydrogen-bond acceptors (Lipinski definition) is 6. The normalized spacial score (nSPS) is 16.8. The van der Waals surface area contributed by atoms with E-state index >= 15 is 0 Å². The van der Waals surface area contributed by atoms with E-state index in [1.54, 1.807) is 30.9 Å². The van der Waals surface area contributed by atoms with Crippen LogP contribution < -0.4 is 5.56 Å². The molecule has 1 fully saturated rings. The molecule has 2 aromatic heterocycles. The SMILES string of the molecule is Cc1nc(C(=O)N2CCCC(c3nc(-c4ccc(F)cc4)no3)C2)c(=O)[nH]c1C. The predicted octanol–water partition coefficient (Wildman–Crippen LogP) is 2.60. The Balaban J connectivity index is 1.53. The maximum Gasteiger partial charge on any atom is 0.279 e. The van der Waals surface area contributed by atoms with Crippen LogP contribution in [0.15, 0.2) is 33.6 Å². The molecular weight excluding hydrogens is 377 g/mol. The highest BCUT2D eigenvalue weighted by molar-refractivity contribution is 5.92. The van der Waals surface area contributed by atoms with Gasteiger partial charge in [-0.15, -0.1) is 0 Å². The van der Waals surface area contributed by atoms with Gasteiger partial charge in [0.05, 0.1) is 11.6 Å². The smallest absolute Gasteiger partial charge is 0.279 e. The number of benzene rings is 1. The molecule has 1 aliphatic heterocycles. The zero-order valence-corrected chi connectivity index (χ0v) is 16.1. The summed E-state index contributed by atoms with van der Waals surface area (Å²) in [6, 6.07) is 5.83. The molecule has 0 spiro atoms. The summed E-state index contributed by atoms with van der Waals surface area (Å²) in [7, 11) is 0. The minimum absolute atomic E-state index is 0.105. The molecular formula is C20H20FN5O3. The van der Waals surface area contributed by atoms with E-state index in [0.717, 1.165) is 12.8 Å². The van der Waals surface area contributed by atoms with E-state index in [1.165, 1.54) is 12.1 Å². The molecule has 0 aliphatic carbocycles. The van der Waals surface area contributed by atoms with Crippen molar-refractivity contribution in [2.75, 3.05) is 13.1 Å². The van der Waals surface area contributed by atoms with E-state index in [4.69, 9.17) is 4.52 Å². The summed E-state index contributed by atoms with van der Waals surface area (Å²) in [4.78, 5) is 37.9. The maximum atomic E-state index is 13.1. The molecule has 29 heavy (non-hydrogen) atoms. The third kappa shape index (κ3) is 3.80. The number of piperidine rings is 1. The van der Waals surface area contributed by atoms with E-state index in [-0.39, 0.29) is 17.4 Å². The Bertz CT molecular complexity index is 1110. The first-order valence-corrected chi connectivity index (χ1v) is 9.38. The molecule has 8 nitrogen and oxygen atoms in total. The van der Waals surface area contributed by atoms with Crippen molar-refractivity contribution < 1.29 is 13.7 Å². The minimum Gasteiger partial charge on any atom is -0.339 e. The Morgan fingerprint density at radius 2 is 2.00 bits per heavy atom. The number of amides is 1. The molecule has 1 atom stereocenters. The van der Waals surface area contributed by atoms with Crippen molar-refractivity contribution in [1.82, 2.24) is 25.0 Å². The first-order valence-electron chi connectivity index (χ1n) is 9.38. The summed E-state index contributed by atoms with van der Waals surface area (Å²) in [5.74, 6) is -0.0920. The minimum atomic E-state index is -0.489. The lowest BCUT2D eigenvalue weighted by Crippen LogP contribution is -2.42. The molecule has 4 rings (SSSR count). The van der Waals surface area contributed by atoms with Crippen LogP contribution in [-0.2, 0) is 0 Å². The molecule has 1 amide bonds. The average molecular weight is 397 g/mol. The van der Waals surface area contributed by atoms with Gasteiger partial charge < -0.3 is 14.4 Å². The second kappa shape index (κ2) is 7.57. The molecule has 1 unspecified atom stereocenters. The van der Waals surface area contributed by atoms with Crippen LogP contribution in [0.25, 0.3) is 11.4 Å². The van der Waals surface area contributed by atoms with Crippen molar-refractivity contribution in [3.05, 3.63) is 63.4 Å². The third-order valence-electron chi connectivity index (χ3n) is 5.14. The van der Waals surface area contributed by atoms with Gasteiger partial charge in [-0.2, -0.15) is 4.98 Å². The number of H-pyrrole nitrogens is 1. The van der Waals surface area contributed by atoms with Crippen molar-refractivity contribution >= 4 is 5.91 Å². The monoisotopic (exact) mass is 397 g/mol. The van der Waals surface area contributed by atoms with Crippen molar-refractivity contribution in [3.63, 3.8) is 0 Å². The average Bonchev–Trinajstić information content (AvgIpc) is 3.21. The fraction of sp³-hybridized carbons (Fsp3) is 0.350. The topological polar surface area (TPSA) is 105 Å². The van der Waals surface area contributed by atoms with Gasteiger partial charge in [0.1, 0.15) is 5.82 Å². The molecule has 1 saturated heterocycles. The zero-order valence-electron chi connectivity index (χ0n) is 16.1. The van der Waals surface area contributed by atoms with Gasteiger partial charge in [-0.25, -0.2) is 9.37 Å². The summed E-state index contributed by atoms with van der Waals surface area (Å²) >= 11 is 0. The first kappa shape index (κ1) is 19.0. The number of nitrogens with one attached hydrogen (secondary N) is 1. The molecule has 9 heteroatoms. The number of aromatic amines is 1. The largest absolute Gasteiger partial charge is 0.339 e. The summed E-state index contributed by atoms with van der Waals surface area (Å²) in [5.41, 5.74) is 1.31. The van der Waals surface area contributed by atoms with E-state index < -0.39 is 11.5 Å². The third-order valence-corrected chi connectivity index (χ3v) is 5.14. The molecule has 0 bridgehead atoms. The van der Waals surface area contributed by atoms with Gasteiger partial charge >= 0.3 is 0 Å². The van der Waals surface area contributed by atoms with Crippen molar-refractivity contribution in [2.45, 2.75) is 32.6 Å². The number of rotatable bonds is 3. The second-order valence-corrected chi connectivity index (χ2v) is 7.18. The summed E-state index contributed by atoms with van der Waals surface area (Å²) in [6.45, 7) is 4.37. The van der Waals surface area contributed by atoms with E-state index in [1.807, 2.05) is 0 Å². The van der Waals surface area contributed by atoms with Gasteiger partial charge in [0, 0.05) is 24.3 Å².